The highest BCUT2D eigenvalue weighted by Crippen LogP contribution is 2.18. The number of pyridine rings is 1. The molecule has 0 bridgehead atoms. The summed E-state index contributed by atoms with van der Waals surface area (Å²) in [5.74, 6) is -0.430. The number of rotatable bonds is 3. The fourth-order valence-electron chi connectivity index (χ4n) is 1.76. The number of carbonyl (C=O) groups excluding carboxylic acids is 1. The van der Waals surface area contributed by atoms with Crippen molar-refractivity contribution in [1.29, 1.82) is 0 Å². The van der Waals surface area contributed by atoms with E-state index in [0.717, 1.165) is 16.5 Å². The number of carbonyl (C=O) groups is 1. The van der Waals surface area contributed by atoms with Crippen molar-refractivity contribution in [2.75, 3.05) is 0 Å². The minimum atomic E-state index is -0.270. The molecule has 2 N–H and O–H groups in total. The van der Waals surface area contributed by atoms with E-state index in [0.29, 0.717) is 6.42 Å². The number of hydrogen-bond acceptors (Lipinski definition) is 2. The molecule has 3 nitrogen and oxygen atoms in total. The smallest absolute Gasteiger partial charge is 0.220 e. The van der Waals surface area contributed by atoms with Crippen molar-refractivity contribution in [3.8, 4) is 0 Å². The van der Waals surface area contributed by atoms with Gasteiger partial charge in [0.1, 0.15) is 0 Å². The first kappa shape index (κ1) is 10.6. The highest BCUT2D eigenvalue weighted by Gasteiger charge is 2.11. The number of nitrogens with two attached hydrogens (primary N) is 1. The van der Waals surface area contributed by atoms with Crippen LogP contribution in [0, 0.1) is 5.92 Å². The zero-order valence-electron chi connectivity index (χ0n) is 9.18. The first-order chi connectivity index (χ1) is 7.68. The Hall–Kier alpha value is -1.90. The second-order valence-electron chi connectivity index (χ2n) is 4.00. The van der Waals surface area contributed by atoms with Crippen molar-refractivity contribution in [3.05, 3.63) is 42.1 Å². The minimum Gasteiger partial charge on any atom is -0.369 e. The van der Waals surface area contributed by atoms with E-state index in [1.54, 1.807) is 6.20 Å². The van der Waals surface area contributed by atoms with Gasteiger partial charge in [-0.05, 0) is 18.1 Å². The van der Waals surface area contributed by atoms with E-state index in [1.165, 1.54) is 0 Å². The van der Waals surface area contributed by atoms with Crippen LogP contribution in [0.1, 0.15) is 12.5 Å². The molecule has 1 unspecified atom stereocenters. The van der Waals surface area contributed by atoms with Crippen LogP contribution in [0.3, 0.4) is 0 Å². The molecule has 0 aliphatic heterocycles. The molecule has 1 atom stereocenters. The van der Waals surface area contributed by atoms with Crippen LogP contribution in [0.4, 0.5) is 0 Å². The number of aromatic nitrogens is 1. The van der Waals surface area contributed by atoms with Crippen molar-refractivity contribution in [2.45, 2.75) is 13.3 Å². The number of hydrogen-bond donors (Lipinski definition) is 1. The van der Waals surface area contributed by atoms with E-state index in [9.17, 15) is 4.79 Å². The van der Waals surface area contributed by atoms with Gasteiger partial charge in [0.05, 0.1) is 5.52 Å². The van der Waals surface area contributed by atoms with E-state index in [2.05, 4.69) is 4.98 Å². The van der Waals surface area contributed by atoms with Crippen LogP contribution >= 0.6 is 0 Å². The Balaban J connectivity index is 2.41. The van der Waals surface area contributed by atoms with E-state index >= 15 is 0 Å². The van der Waals surface area contributed by atoms with Crippen molar-refractivity contribution in [3.63, 3.8) is 0 Å². The van der Waals surface area contributed by atoms with Crippen molar-refractivity contribution >= 4 is 16.8 Å². The summed E-state index contributed by atoms with van der Waals surface area (Å²) in [5.41, 5.74) is 7.30. The Kier molecular flexibility index (Phi) is 2.86. The molecule has 1 heterocycles. The zero-order valence-corrected chi connectivity index (χ0v) is 9.18. The maximum atomic E-state index is 11.0. The second kappa shape index (κ2) is 4.31. The lowest BCUT2D eigenvalue weighted by Gasteiger charge is -2.09. The van der Waals surface area contributed by atoms with Crippen LogP contribution in [-0.4, -0.2) is 10.9 Å². The summed E-state index contributed by atoms with van der Waals surface area (Å²) in [7, 11) is 0. The van der Waals surface area contributed by atoms with Crippen molar-refractivity contribution < 1.29 is 4.79 Å². The summed E-state index contributed by atoms with van der Waals surface area (Å²) in [6.45, 7) is 1.84. The lowest BCUT2D eigenvalue weighted by Crippen LogP contribution is -2.22. The maximum Gasteiger partial charge on any atom is 0.220 e. The average Bonchev–Trinajstić information content (AvgIpc) is 2.29. The summed E-state index contributed by atoms with van der Waals surface area (Å²) in [5, 5.41) is 1.09. The molecule has 0 fully saturated rings. The molecule has 0 radical (unpaired) electrons. The molecule has 2 aromatic rings. The Morgan fingerprint density at radius 1 is 1.38 bits per heavy atom. The quantitative estimate of drug-likeness (QED) is 0.848. The summed E-state index contributed by atoms with van der Waals surface area (Å²) in [4.78, 5) is 15.4. The fourth-order valence-corrected chi connectivity index (χ4v) is 1.76. The minimum absolute atomic E-state index is 0.160. The molecule has 0 spiro atoms. The van der Waals surface area contributed by atoms with Crippen LogP contribution in [0.25, 0.3) is 10.9 Å². The summed E-state index contributed by atoms with van der Waals surface area (Å²) < 4.78 is 0. The number of fused-ring (bicyclic) bond motifs is 1. The molecule has 82 valence electrons. The Morgan fingerprint density at radius 2 is 2.12 bits per heavy atom. The lowest BCUT2D eigenvalue weighted by molar-refractivity contribution is -0.121. The number of primary amides is 1. The Labute approximate surface area is 94.3 Å². The number of amides is 1. The van der Waals surface area contributed by atoms with Gasteiger partial charge in [-0.25, -0.2) is 0 Å². The molecule has 16 heavy (non-hydrogen) atoms. The Morgan fingerprint density at radius 3 is 2.88 bits per heavy atom. The van der Waals surface area contributed by atoms with E-state index < -0.39 is 0 Å². The molecule has 0 saturated carbocycles. The summed E-state index contributed by atoms with van der Waals surface area (Å²) in [6.07, 6.45) is 2.41. The predicted octanol–water partition coefficient (Wildman–Crippen LogP) is 1.90. The van der Waals surface area contributed by atoms with Gasteiger partial charge < -0.3 is 5.73 Å². The number of benzene rings is 1. The first-order valence-corrected chi connectivity index (χ1v) is 5.30. The van der Waals surface area contributed by atoms with Gasteiger partial charge >= 0.3 is 0 Å². The second-order valence-corrected chi connectivity index (χ2v) is 4.00. The molecule has 0 aliphatic rings. The lowest BCUT2D eigenvalue weighted by atomic mass is 9.98. The van der Waals surface area contributed by atoms with E-state index in [-0.39, 0.29) is 11.8 Å². The largest absolute Gasteiger partial charge is 0.369 e. The molecular weight excluding hydrogens is 200 g/mol. The van der Waals surface area contributed by atoms with Crippen LogP contribution < -0.4 is 5.73 Å². The third kappa shape index (κ3) is 2.03. The molecule has 0 aliphatic carbocycles. The SMILES string of the molecule is CC(Cc1cccc2cccnc12)C(N)=O. The molecule has 1 aromatic heterocycles. The third-order valence-electron chi connectivity index (χ3n) is 2.73. The highest BCUT2D eigenvalue weighted by molar-refractivity contribution is 5.83. The molecular formula is C13H14N2O. The van der Waals surface area contributed by atoms with Gasteiger partial charge in [-0.3, -0.25) is 9.78 Å². The van der Waals surface area contributed by atoms with Gasteiger partial charge in [0.25, 0.3) is 0 Å². The molecule has 2 rings (SSSR count). The monoisotopic (exact) mass is 214 g/mol. The van der Waals surface area contributed by atoms with Crippen LogP contribution in [0.2, 0.25) is 0 Å². The van der Waals surface area contributed by atoms with Gasteiger partial charge in [-0.15, -0.1) is 0 Å². The topological polar surface area (TPSA) is 56.0 Å². The molecule has 3 heteroatoms. The van der Waals surface area contributed by atoms with E-state index in [4.69, 9.17) is 5.73 Å². The van der Waals surface area contributed by atoms with Crippen LogP contribution in [0.15, 0.2) is 36.5 Å². The normalized spacial score (nSPS) is 12.6. The predicted molar refractivity (Wildman–Crippen MR) is 63.8 cm³/mol. The summed E-state index contributed by atoms with van der Waals surface area (Å²) >= 11 is 0. The van der Waals surface area contributed by atoms with Gasteiger partial charge in [-0.2, -0.15) is 0 Å². The summed E-state index contributed by atoms with van der Waals surface area (Å²) in [6, 6.07) is 9.91. The highest BCUT2D eigenvalue weighted by atomic mass is 16.1. The standard InChI is InChI=1S/C13H14N2O/c1-9(13(14)16)8-11-5-2-4-10-6-3-7-15-12(10)11/h2-7,9H,8H2,1H3,(H2,14,16). The van der Waals surface area contributed by atoms with E-state index in [1.807, 2.05) is 37.3 Å². The number of para-hydroxylation sites is 1. The third-order valence-corrected chi connectivity index (χ3v) is 2.73. The fraction of sp³-hybridized carbons (Fsp3) is 0.231. The van der Waals surface area contributed by atoms with Crippen LogP contribution in [0.5, 0.6) is 0 Å². The van der Waals surface area contributed by atoms with Gasteiger partial charge in [-0.1, -0.05) is 31.2 Å². The average molecular weight is 214 g/mol. The molecule has 1 aromatic carbocycles. The Bertz CT molecular complexity index is 517. The zero-order chi connectivity index (χ0) is 11.5. The van der Waals surface area contributed by atoms with Gasteiger partial charge in [0, 0.05) is 17.5 Å². The van der Waals surface area contributed by atoms with Gasteiger partial charge in [0.2, 0.25) is 5.91 Å². The van der Waals surface area contributed by atoms with Crippen molar-refractivity contribution in [2.24, 2.45) is 11.7 Å². The number of nitrogens with zero attached hydrogens (tertiary/aromatic N) is 1. The van der Waals surface area contributed by atoms with Crippen LogP contribution in [-0.2, 0) is 11.2 Å². The molecule has 1 amide bonds. The maximum absolute atomic E-state index is 11.0. The van der Waals surface area contributed by atoms with Gasteiger partial charge in [0.15, 0.2) is 0 Å². The first-order valence-electron chi connectivity index (χ1n) is 5.30. The molecule has 0 saturated heterocycles. The van der Waals surface area contributed by atoms with Crippen molar-refractivity contribution in [1.82, 2.24) is 4.98 Å².